The molecule has 1 aliphatic rings. The molecule has 0 aliphatic heterocycles. The van der Waals surface area contributed by atoms with Crippen molar-refractivity contribution in [2.75, 3.05) is 5.75 Å². The van der Waals surface area contributed by atoms with Gasteiger partial charge < -0.3 is 4.74 Å². The fourth-order valence-electron chi connectivity index (χ4n) is 2.83. The lowest BCUT2D eigenvalue weighted by Gasteiger charge is -2.17. The van der Waals surface area contributed by atoms with E-state index < -0.39 is 22.7 Å². The van der Waals surface area contributed by atoms with Gasteiger partial charge in [-0.2, -0.15) is 8.78 Å². The zero-order valence-electron chi connectivity index (χ0n) is 12.5. The number of hydrogen-bond acceptors (Lipinski definition) is 3. The van der Waals surface area contributed by atoms with Gasteiger partial charge in [-0.1, -0.05) is 25.0 Å². The van der Waals surface area contributed by atoms with Crippen LogP contribution in [0, 0.1) is 5.92 Å². The molecule has 1 aromatic rings. The first-order chi connectivity index (χ1) is 10.4. The Morgan fingerprint density at radius 2 is 2.00 bits per heavy atom. The second-order valence-corrected chi connectivity index (χ2v) is 7.52. The number of benzene rings is 1. The lowest BCUT2D eigenvalue weighted by molar-refractivity contribution is -0.0499. The maximum atomic E-state index is 12.2. The molecule has 0 saturated heterocycles. The van der Waals surface area contributed by atoms with Gasteiger partial charge in [-0.15, -0.1) is 0 Å². The molecule has 0 bridgehead atoms. The van der Waals surface area contributed by atoms with Crippen molar-refractivity contribution in [3.63, 3.8) is 0 Å². The van der Waals surface area contributed by atoms with Gasteiger partial charge in [0.05, 0.1) is 5.75 Å². The van der Waals surface area contributed by atoms with Gasteiger partial charge in [-0.3, -0.25) is 0 Å². The first kappa shape index (κ1) is 17.1. The van der Waals surface area contributed by atoms with Crippen molar-refractivity contribution in [3.8, 4) is 5.75 Å². The summed E-state index contributed by atoms with van der Waals surface area (Å²) in [6.07, 6.45) is 4.07. The van der Waals surface area contributed by atoms with Crippen LogP contribution in [-0.2, 0) is 10.0 Å². The van der Waals surface area contributed by atoms with Gasteiger partial charge in [0, 0.05) is 6.04 Å². The molecule has 1 aromatic carbocycles. The predicted molar refractivity (Wildman–Crippen MR) is 80.4 cm³/mol. The number of halogens is 2. The van der Waals surface area contributed by atoms with E-state index in [1.54, 1.807) is 19.1 Å². The van der Waals surface area contributed by atoms with E-state index in [1.165, 1.54) is 12.1 Å². The summed E-state index contributed by atoms with van der Waals surface area (Å²) in [5, 5.41) is 0. The third kappa shape index (κ3) is 5.21. The zero-order valence-corrected chi connectivity index (χ0v) is 13.3. The number of ether oxygens (including phenoxy) is 1. The van der Waals surface area contributed by atoms with Gasteiger partial charge in [-0.05, 0) is 43.4 Å². The summed E-state index contributed by atoms with van der Waals surface area (Å²) in [5.41, 5.74) is 0.591. The summed E-state index contributed by atoms with van der Waals surface area (Å²) in [5.74, 6) is 0.373. The highest BCUT2D eigenvalue weighted by Crippen LogP contribution is 2.27. The van der Waals surface area contributed by atoms with E-state index in [1.807, 2.05) is 0 Å². The van der Waals surface area contributed by atoms with E-state index in [9.17, 15) is 17.2 Å². The van der Waals surface area contributed by atoms with Crippen molar-refractivity contribution in [1.82, 2.24) is 4.72 Å². The molecule has 22 heavy (non-hydrogen) atoms. The summed E-state index contributed by atoms with van der Waals surface area (Å²) in [4.78, 5) is 0. The van der Waals surface area contributed by atoms with E-state index in [4.69, 9.17) is 0 Å². The van der Waals surface area contributed by atoms with Gasteiger partial charge in [0.1, 0.15) is 5.75 Å². The largest absolute Gasteiger partial charge is 0.435 e. The summed E-state index contributed by atoms with van der Waals surface area (Å²) in [6, 6.07) is 5.59. The van der Waals surface area contributed by atoms with E-state index in [2.05, 4.69) is 9.46 Å². The smallest absolute Gasteiger partial charge is 0.387 e. The molecule has 0 spiro atoms. The Morgan fingerprint density at radius 3 is 2.64 bits per heavy atom. The van der Waals surface area contributed by atoms with Crippen LogP contribution in [0.2, 0.25) is 0 Å². The number of alkyl halides is 2. The van der Waals surface area contributed by atoms with Crippen LogP contribution >= 0.6 is 0 Å². The van der Waals surface area contributed by atoms with Crippen molar-refractivity contribution in [2.24, 2.45) is 5.92 Å². The summed E-state index contributed by atoms with van der Waals surface area (Å²) in [6.45, 7) is -1.21. The topological polar surface area (TPSA) is 55.4 Å². The molecular formula is C15H21F2NO3S. The van der Waals surface area contributed by atoms with Crippen molar-refractivity contribution in [2.45, 2.75) is 45.3 Å². The molecular weight excluding hydrogens is 312 g/mol. The van der Waals surface area contributed by atoms with Gasteiger partial charge in [0.15, 0.2) is 0 Å². The van der Waals surface area contributed by atoms with Crippen molar-refractivity contribution >= 4 is 10.0 Å². The van der Waals surface area contributed by atoms with Crippen molar-refractivity contribution in [1.29, 1.82) is 0 Å². The average molecular weight is 333 g/mol. The van der Waals surface area contributed by atoms with E-state index >= 15 is 0 Å². The third-order valence-electron chi connectivity index (χ3n) is 3.87. The molecule has 1 saturated carbocycles. The predicted octanol–water partition coefficient (Wildman–Crippen LogP) is 3.46. The molecule has 1 fully saturated rings. The summed E-state index contributed by atoms with van der Waals surface area (Å²) in [7, 11) is -3.39. The lowest BCUT2D eigenvalue weighted by atomic mass is 10.1. The number of rotatable bonds is 7. The first-order valence-electron chi connectivity index (χ1n) is 7.40. The van der Waals surface area contributed by atoms with Crippen LogP contribution in [0.1, 0.15) is 44.2 Å². The molecule has 0 amide bonds. The fraction of sp³-hybridized carbons (Fsp3) is 0.600. The molecule has 2 rings (SSSR count). The van der Waals surface area contributed by atoms with Gasteiger partial charge in [-0.25, -0.2) is 13.1 Å². The highest BCUT2D eigenvalue weighted by atomic mass is 32.2. The quantitative estimate of drug-likeness (QED) is 0.831. The Labute approximate surface area is 129 Å². The van der Waals surface area contributed by atoms with E-state index in [-0.39, 0.29) is 17.4 Å². The van der Waals surface area contributed by atoms with Gasteiger partial charge in [0.25, 0.3) is 0 Å². The highest BCUT2D eigenvalue weighted by molar-refractivity contribution is 7.89. The van der Waals surface area contributed by atoms with Crippen LogP contribution in [0.4, 0.5) is 8.78 Å². The standard InChI is InChI=1S/C15H21F2NO3S/c1-11(13-7-4-8-14(9-13)21-15(16)17)18-22(19,20)10-12-5-2-3-6-12/h4,7-9,11-12,15,18H,2-3,5-6,10H2,1H3. The van der Waals surface area contributed by atoms with Crippen LogP contribution in [0.5, 0.6) is 5.75 Å². The Morgan fingerprint density at radius 1 is 1.32 bits per heavy atom. The minimum Gasteiger partial charge on any atom is -0.435 e. The number of hydrogen-bond donors (Lipinski definition) is 1. The molecule has 1 unspecified atom stereocenters. The molecule has 0 aromatic heterocycles. The molecule has 4 nitrogen and oxygen atoms in total. The minimum atomic E-state index is -3.39. The first-order valence-corrected chi connectivity index (χ1v) is 9.06. The van der Waals surface area contributed by atoms with Crippen LogP contribution in [0.3, 0.4) is 0 Å². The molecule has 1 atom stereocenters. The maximum absolute atomic E-state index is 12.2. The van der Waals surface area contributed by atoms with Crippen molar-refractivity contribution < 1.29 is 21.9 Å². The van der Waals surface area contributed by atoms with E-state index in [0.29, 0.717) is 5.56 Å². The minimum absolute atomic E-state index is 0.0225. The summed E-state index contributed by atoms with van der Waals surface area (Å²) < 4.78 is 55.7. The molecule has 7 heteroatoms. The second-order valence-electron chi connectivity index (χ2n) is 5.72. The van der Waals surface area contributed by atoms with E-state index in [0.717, 1.165) is 25.7 Å². The maximum Gasteiger partial charge on any atom is 0.387 e. The van der Waals surface area contributed by atoms with Crippen LogP contribution < -0.4 is 9.46 Å². The lowest BCUT2D eigenvalue weighted by Crippen LogP contribution is -2.31. The van der Waals surface area contributed by atoms with Gasteiger partial charge in [0.2, 0.25) is 10.0 Å². The second kappa shape index (κ2) is 7.37. The molecule has 1 aliphatic carbocycles. The molecule has 0 radical (unpaired) electrons. The van der Waals surface area contributed by atoms with Crippen LogP contribution in [0.15, 0.2) is 24.3 Å². The van der Waals surface area contributed by atoms with Crippen molar-refractivity contribution in [3.05, 3.63) is 29.8 Å². The van der Waals surface area contributed by atoms with Crippen LogP contribution in [0.25, 0.3) is 0 Å². The number of sulfonamides is 1. The average Bonchev–Trinajstić information content (AvgIpc) is 2.89. The third-order valence-corrected chi connectivity index (χ3v) is 5.49. The Balaban J connectivity index is 1.99. The molecule has 0 heterocycles. The summed E-state index contributed by atoms with van der Waals surface area (Å²) >= 11 is 0. The molecule has 124 valence electrons. The number of nitrogens with one attached hydrogen (secondary N) is 1. The highest BCUT2D eigenvalue weighted by Gasteiger charge is 2.24. The normalized spacial score (nSPS) is 17.8. The Hall–Kier alpha value is -1.21. The fourth-order valence-corrected chi connectivity index (χ4v) is 4.56. The Bertz CT molecular complexity index is 586. The van der Waals surface area contributed by atoms with Gasteiger partial charge >= 0.3 is 6.61 Å². The molecule has 1 N–H and O–H groups in total. The van der Waals surface area contributed by atoms with Crippen LogP contribution in [-0.4, -0.2) is 20.8 Å². The Kier molecular flexibility index (Phi) is 5.74. The zero-order chi connectivity index (χ0) is 16.2. The SMILES string of the molecule is CC(NS(=O)(=O)CC1CCCC1)c1cccc(OC(F)F)c1. The monoisotopic (exact) mass is 333 g/mol.